The van der Waals surface area contributed by atoms with Crippen molar-refractivity contribution in [3.63, 3.8) is 0 Å². The van der Waals surface area contributed by atoms with E-state index in [1.807, 2.05) is 6.92 Å². The minimum Gasteiger partial charge on any atom is -0.491 e. The van der Waals surface area contributed by atoms with Crippen LogP contribution in [0.15, 0.2) is 29.3 Å². The molecule has 0 saturated carbocycles. The van der Waals surface area contributed by atoms with Gasteiger partial charge in [0.1, 0.15) is 12.4 Å². The molecule has 0 radical (unpaired) electrons. The van der Waals surface area contributed by atoms with Gasteiger partial charge in [-0.05, 0) is 25.5 Å². The summed E-state index contributed by atoms with van der Waals surface area (Å²) in [5, 5.41) is 9.04. The highest BCUT2D eigenvalue weighted by Gasteiger charge is 2.33. The van der Waals surface area contributed by atoms with E-state index < -0.39 is 11.7 Å². The Kier molecular flexibility index (Phi) is 9.67. The lowest BCUT2D eigenvalue weighted by atomic mass is 10.1. The monoisotopic (exact) mass is 500 g/mol. The van der Waals surface area contributed by atoms with Gasteiger partial charge in [0.25, 0.3) is 0 Å². The molecule has 1 atom stereocenters. The van der Waals surface area contributed by atoms with Crippen LogP contribution in [0.1, 0.15) is 25.3 Å². The predicted molar refractivity (Wildman–Crippen MR) is 108 cm³/mol. The van der Waals surface area contributed by atoms with Crippen LogP contribution in [0.3, 0.4) is 0 Å². The zero-order valence-corrected chi connectivity index (χ0v) is 17.3. The predicted octanol–water partition coefficient (Wildman–Crippen LogP) is 2.54. The number of alkyl halides is 3. The third-order valence-electron chi connectivity index (χ3n) is 3.76. The second kappa shape index (κ2) is 11.2. The summed E-state index contributed by atoms with van der Waals surface area (Å²) in [7, 11) is 0. The number of aliphatic imine (C=N–C) groups is 1. The molecule has 1 aromatic rings. The quantitative estimate of drug-likeness (QED) is 0.243. The Morgan fingerprint density at radius 1 is 1.37 bits per heavy atom. The molecule has 10 heteroatoms. The molecule has 1 heterocycles. The van der Waals surface area contributed by atoms with Gasteiger partial charge in [-0.3, -0.25) is 4.79 Å². The van der Waals surface area contributed by atoms with Gasteiger partial charge in [-0.15, -0.1) is 24.0 Å². The molecule has 2 rings (SSSR count). The Morgan fingerprint density at radius 3 is 2.74 bits per heavy atom. The normalized spacial score (nSPS) is 17.6. The molecule has 152 valence electrons. The summed E-state index contributed by atoms with van der Waals surface area (Å²) >= 11 is 0. The van der Waals surface area contributed by atoms with Crippen molar-refractivity contribution in [2.24, 2.45) is 4.99 Å². The van der Waals surface area contributed by atoms with Gasteiger partial charge in [-0.25, -0.2) is 4.99 Å². The van der Waals surface area contributed by atoms with Crippen LogP contribution in [0.4, 0.5) is 13.2 Å². The molecular weight excluding hydrogens is 476 g/mol. The molecule has 1 aliphatic rings. The fraction of sp³-hybridized carbons (Fsp3) is 0.529. The molecule has 1 aromatic carbocycles. The number of para-hydroxylation sites is 1. The Hall–Kier alpha value is -1.72. The number of nitrogens with one attached hydrogen (secondary N) is 3. The van der Waals surface area contributed by atoms with Crippen LogP contribution in [-0.4, -0.2) is 44.1 Å². The zero-order chi connectivity index (χ0) is 19.0. The Morgan fingerprint density at radius 2 is 2.11 bits per heavy atom. The Balaban J connectivity index is 0.00000364. The molecule has 0 spiro atoms. The van der Waals surface area contributed by atoms with Gasteiger partial charge < -0.3 is 20.7 Å². The average molecular weight is 500 g/mol. The van der Waals surface area contributed by atoms with Crippen LogP contribution >= 0.6 is 24.0 Å². The number of carbonyl (C=O) groups is 1. The van der Waals surface area contributed by atoms with E-state index in [0.29, 0.717) is 31.9 Å². The number of ether oxygens (including phenoxy) is 1. The molecule has 1 fully saturated rings. The number of rotatable bonds is 6. The van der Waals surface area contributed by atoms with Gasteiger partial charge >= 0.3 is 6.18 Å². The van der Waals surface area contributed by atoms with Crippen LogP contribution in [0.2, 0.25) is 0 Å². The summed E-state index contributed by atoms with van der Waals surface area (Å²) in [6.07, 6.45) is -3.30. The van der Waals surface area contributed by atoms with E-state index in [4.69, 9.17) is 4.74 Å². The third kappa shape index (κ3) is 7.81. The molecule has 3 N–H and O–H groups in total. The second-order valence-electron chi connectivity index (χ2n) is 5.79. The minimum absolute atomic E-state index is 0. The summed E-state index contributed by atoms with van der Waals surface area (Å²) in [6, 6.07) is 5.17. The molecule has 0 aromatic heterocycles. The molecular formula is C17H24F3IN4O2. The SMILES string of the molecule is CCNC(=NCCOc1ccccc1C(F)(F)F)NC1CCC(=O)NC1.I. The first kappa shape index (κ1) is 23.3. The zero-order valence-electron chi connectivity index (χ0n) is 14.9. The first-order valence-corrected chi connectivity index (χ1v) is 8.50. The summed E-state index contributed by atoms with van der Waals surface area (Å²) in [5.74, 6) is 0.367. The molecule has 1 aliphatic heterocycles. The first-order valence-electron chi connectivity index (χ1n) is 8.50. The van der Waals surface area contributed by atoms with Gasteiger partial charge in [0, 0.05) is 25.6 Å². The first-order chi connectivity index (χ1) is 12.4. The lowest BCUT2D eigenvalue weighted by Gasteiger charge is -2.25. The number of nitrogens with zero attached hydrogens (tertiary/aromatic N) is 1. The summed E-state index contributed by atoms with van der Waals surface area (Å²) < 4.78 is 44.0. The van der Waals surface area contributed by atoms with Crippen molar-refractivity contribution in [2.45, 2.75) is 32.0 Å². The third-order valence-corrected chi connectivity index (χ3v) is 3.76. The average Bonchev–Trinajstić information content (AvgIpc) is 2.60. The molecule has 27 heavy (non-hydrogen) atoms. The molecule has 0 bridgehead atoms. The Bertz CT molecular complexity index is 631. The fourth-order valence-corrected chi connectivity index (χ4v) is 2.51. The van der Waals surface area contributed by atoms with Crippen LogP contribution in [0.5, 0.6) is 5.75 Å². The van der Waals surface area contributed by atoms with Gasteiger partial charge in [-0.1, -0.05) is 12.1 Å². The molecule has 1 amide bonds. The van der Waals surface area contributed by atoms with Gasteiger partial charge in [0.2, 0.25) is 5.91 Å². The number of piperidine rings is 1. The smallest absolute Gasteiger partial charge is 0.419 e. The number of amides is 1. The minimum atomic E-state index is -4.46. The number of hydrogen-bond donors (Lipinski definition) is 3. The highest BCUT2D eigenvalue weighted by atomic mass is 127. The summed E-state index contributed by atoms with van der Waals surface area (Å²) in [6.45, 7) is 3.28. The maximum absolute atomic E-state index is 12.9. The van der Waals surface area contributed by atoms with Crippen molar-refractivity contribution < 1.29 is 22.7 Å². The summed E-state index contributed by atoms with van der Waals surface area (Å²) in [4.78, 5) is 15.5. The molecule has 6 nitrogen and oxygen atoms in total. The van der Waals surface area contributed by atoms with Crippen molar-refractivity contribution in [1.82, 2.24) is 16.0 Å². The van der Waals surface area contributed by atoms with Crippen molar-refractivity contribution >= 4 is 35.8 Å². The molecule has 1 saturated heterocycles. The highest BCUT2D eigenvalue weighted by molar-refractivity contribution is 14.0. The van der Waals surface area contributed by atoms with Gasteiger partial charge in [0.05, 0.1) is 12.1 Å². The van der Waals surface area contributed by atoms with Crippen molar-refractivity contribution in [1.29, 1.82) is 0 Å². The molecule has 0 aliphatic carbocycles. The number of carbonyl (C=O) groups excluding carboxylic acids is 1. The van der Waals surface area contributed by atoms with Crippen LogP contribution in [0, 0.1) is 0 Å². The van der Waals surface area contributed by atoms with Crippen molar-refractivity contribution in [2.75, 3.05) is 26.2 Å². The van der Waals surface area contributed by atoms with Crippen molar-refractivity contribution in [3.8, 4) is 5.75 Å². The van der Waals surface area contributed by atoms with E-state index in [1.54, 1.807) is 0 Å². The van der Waals surface area contributed by atoms with Crippen LogP contribution in [-0.2, 0) is 11.0 Å². The summed E-state index contributed by atoms with van der Waals surface area (Å²) in [5.41, 5.74) is -0.799. The lowest BCUT2D eigenvalue weighted by Crippen LogP contribution is -2.51. The number of guanidine groups is 1. The topological polar surface area (TPSA) is 74.8 Å². The van der Waals surface area contributed by atoms with E-state index in [2.05, 4.69) is 20.9 Å². The lowest BCUT2D eigenvalue weighted by molar-refractivity contribution is -0.139. The van der Waals surface area contributed by atoms with E-state index >= 15 is 0 Å². The van der Waals surface area contributed by atoms with Crippen LogP contribution < -0.4 is 20.7 Å². The van der Waals surface area contributed by atoms with Gasteiger partial charge in [0.15, 0.2) is 5.96 Å². The maximum Gasteiger partial charge on any atom is 0.419 e. The highest BCUT2D eigenvalue weighted by Crippen LogP contribution is 2.35. The fourth-order valence-electron chi connectivity index (χ4n) is 2.51. The van der Waals surface area contributed by atoms with Gasteiger partial charge in [-0.2, -0.15) is 13.2 Å². The second-order valence-corrected chi connectivity index (χ2v) is 5.79. The standard InChI is InChI=1S/C17H23F3N4O2.HI/c1-2-21-16(24-12-7-8-15(25)23-11-12)22-9-10-26-14-6-4-3-5-13(14)17(18,19)20;/h3-6,12H,2,7-11H2,1H3,(H,23,25)(H2,21,22,24);1H. The molecule has 1 unspecified atom stereocenters. The number of benzene rings is 1. The van der Waals surface area contributed by atoms with E-state index in [9.17, 15) is 18.0 Å². The number of halogens is 4. The largest absolute Gasteiger partial charge is 0.491 e. The number of hydrogen-bond acceptors (Lipinski definition) is 3. The van der Waals surface area contributed by atoms with E-state index in [0.717, 1.165) is 6.07 Å². The van der Waals surface area contributed by atoms with Crippen molar-refractivity contribution in [3.05, 3.63) is 29.8 Å². The van der Waals surface area contributed by atoms with E-state index in [1.165, 1.54) is 18.2 Å². The van der Waals surface area contributed by atoms with E-state index in [-0.39, 0.29) is 54.8 Å². The maximum atomic E-state index is 12.9. The Labute approximate surface area is 173 Å². The van der Waals surface area contributed by atoms with Crippen LogP contribution in [0.25, 0.3) is 0 Å².